The van der Waals surface area contributed by atoms with Crippen LogP contribution in [-0.2, 0) is 17.9 Å². The largest absolute Gasteiger partial charge is 0.348 e. The Labute approximate surface area is 151 Å². The minimum Gasteiger partial charge on any atom is -0.348 e. The second kappa shape index (κ2) is 7.70. The maximum absolute atomic E-state index is 12.6. The zero-order valence-corrected chi connectivity index (χ0v) is 14.7. The summed E-state index contributed by atoms with van der Waals surface area (Å²) in [5, 5.41) is 2.94. The quantitative estimate of drug-likeness (QED) is 0.785. The number of rotatable bonds is 6. The fourth-order valence-electron chi connectivity index (χ4n) is 3.51. The van der Waals surface area contributed by atoms with Crippen molar-refractivity contribution in [1.82, 2.24) is 14.5 Å². The van der Waals surface area contributed by atoms with Crippen LogP contribution in [0.4, 0.5) is 0 Å². The first-order valence-electron chi connectivity index (χ1n) is 8.88. The number of carbonyl (C=O) groups is 1. The van der Waals surface area contributed by atoms with Crippen molar-refractivity contribution < 1.29 is 4.79 Å². The topological polar surface area (TPSA) is 99.1 Å². The molecule has 26 heavy (non-hydrogen) atoms. The number of aromatic nitrogens is 2. The second-order valence-corrected chi connectivity index (χ2v) is 6.88. The van der Waals surface area contributed by atoms with Gasteiger partial charge in [0.1, 0.15) is 6.54 Å². The molecule has 1 amide bonds. The van der Waals surface area contributed by atoms with Crippen molar-refractivity contribution in [3.05, 3.63) is 69.0 Å². The Morgan fingerprint density at radius 2 is 1.81 bits per heavy atom. The fourth-order valence-corrected chi connectivity index (χ4v) is 3.51. The van der Waals surface area contributed by atoms with Crippen molar-refractivity contribution in [2.24, 2.45) is 5.73 Å². The Morgan fingerprint density at radius 1 is 1.12 bits per heavy atom. The molecule has 0 unspecified atom stereocenters. The first-order valence-corrected chi connectivity index (χ1v) is 8.88. The molecule has 1 fully saturated rings. The van der Waals surface area contributed by atoms with E-state index in [0.29, 0.717) is 13.1 Å². The lowest BCUT2D eigenvalue weighted by molar-refractivity contribution is -0.123. The third-order valence-corrected chi connectivity index (χ3v) is 4.99. The van der Waals surface area contributed by atoms with Gasteiger partial charge in [0, 0.05) is 18.8 Å². The van der Waals surface area contributed by atoms with Gasteiger partial charge in [0.15, 0.2) is 0 Å². The number of benzene rings is 1. The SMILES string of the molecule is NCC1(NC(=O)Cn2c(=O)ccn(Cc3ccccc3)c2=O)CCCC1. The summed E-state index contributed by atoms with van der Waals surface area (Å²) in [7, 11) is 0. The van der Waals surface area contributed by atoms with Crippen LogP contribution in [0.25, 0.3) is 0 Å². The average Bonchev–Trinajstić information content (AvgIpc) is 3.11. The Morgan fingerprint density at radius 3 is 2.46 bits per heavy atom. The maximum Gasteiger partial charge on any atom is 0.331 e. The highest BCUT2D eigenvalue weighted by molar-refractivity contribution is 5.76. The van der Waals surface area contributed by atoms with Crippen LogP contribution >= 0.6 is 0 Å². The number of hydrogen-bond donors (Lipinski definition) is 2. The lowest BCUT2D eigenvalue weighted by atomic mass is 9.98. The normalized spacial score (nSPS) is 15.7. The van der Waals surface area contributed by atoms with Crippen molar-refractivity contribution >= 4 is 5.91 Å². The average molecular weight is 356 g/mol. The molecule has 7 heteroatoms. The van der Waals surface area contributed by atoms with Crippen LogP contribution in [0.3, 0.4) is 0 Å². The van der Waals surface area contributed by atoms with Crippen molar-refractivity contribution in [3.63, 3.8) is 0 Å². The van der Waals surface area contributed by atoms with E-state index < -0.39 is 16.8 Å². The monoisotopic (exact) mass is 356 g/mol. The summed E-state index contributed by atoms with van der Waals surface area (Å²) in [5.74, 6) is -0.353. The fraction of sp³-hybridized carbons (Fsp3) is 0.421. The van der Waals surface area contributed by atoms with Crippen LogP contribution in [0.15, 0.2) is 52.2 Å². The molecule has 3 rings (SSSR count). The summed E-state index contributed by atoms with van der Waals surface area (Å²) >= 11 is 0. The summed E-state index contributed by atoms with van der Waals surface area (Å²) in [6.07, 6.45) is 5.16. The van der Waals surface area contributed by atoms with E-state index in [9.17, 15) is 14.4 Å². The molecule has 0 spiro atoms. The molecule has 1 aromatic carbocycles. The molecule has 1 saturated carbocycles. The lowest BCUT2D eigenvalue weighted by Crippen LogP contribution is -2.54. The molecule has 0 aliphatic heterocycles. The van der Waals surface area contributed by atoms with Crippen LogP contribution in [-0.4, -0.2) is 27.1 Å². The van der Waals surface area contributed by atoms with Gasteiger partial charge in [0.2, 0.25) is 5.91 Å². The summed E-state index contributed by atoms with van der Waals surface area (Å²) < 4.78 is 2.40. The zero-order chi connectivity index (χ0) is 18.6. The van der Waals surface area contributed by atoms with Crippen molar-refractivity contribution in [1.29, 1.82) is 0 Å². The summed E-state index contributed by atoms with van der Waals surface area (Å²) in [5.41, 5.74) is 5.39. The van der Waals surface area contributed by atoms with Crippen LogP contribution in [0, 0.1) is 0 Å². The molecule has 7 nitrogen and oxygen atoms in total. The third-order valence-electron chi connectivity index (χ3n) is 4.99. The molecule has 0 atom stereocenters. The van der Waals surface area contributed by atoms with Crippen molar-refractivity contribution in [2.75, 3.05) is 6.54 Å². The number of nitrogens with zero attached hydrogens (tertiary/aromatic N) is 2. The molecule has 3 N–H and O–H groups in total. The minimum absolute atomic E-state index is 0.297. The van der Waals surface area contributed by atoms with E-state index in [0.717, 1.165) is 35.8 Å². The van der Waals surface area contributed by atoms with Crippen LogP contribution in [0.5, 0.6) is 0 Å². The predicted molar refractivity (Wildman–Crippen MR) is 98.9 cm³/mol. The number of carbonyl (C=O) groups excluding carboxylic acids is 1. The van der Waals surface area contributed by atoms with E-state index >= 15 is 0 Å². The van der Waals surface area contributed by atoms with Gasteiger partial charge in [-0.25, -0.2) is 4.79 Å². The van der Waals surface area contributed by atoms with E-state index in [1.165, 1.54) is 16.8 Å². The van der Waals surface area contributed by atoms with E-state index in [1.54, 1.807) is 0 Å². The van der Waals surface area contributed by atoms with E-state index in [2.05, 4.69) is 5.32 Å². The zero-order valence-electron chi connectivity index (χ0n) is 14.7. The number of amides is 1. The molecule has 0 saturated heterocycles. The van der Waals surface area contributed by atoms with Crippen LogP contribution < -0.4 is 22.3 Å². The highest BCUT2D eigenvalue weighted by Crippen LogP contribution is 2.28. The molecule has 2 aromatic rings. The van der Waals surface area contributed by atoms with Gasteiger partial charge in [0.25, 0.3) is 5.56 Å². The van der Waals surface area contributed by atoms with E-state index in [1.807, 2.05) is 30.3 Å². The Hall–Kier alpha value is -2.67. The predicted octanol–water partition coefficient (Wildman–Crippen LogP) is 0.446. The Balaban J connectivity index is 1.79. The molecule has 0 bridgehead atoms. The second-order valence-electron chi connectivity index (χ2n) is 6.88. The van der Waals surface area contributed by atoms with Gasteiger partial charge >= 0.3 is 5.69 Å². The first-order chi connectivity index (χ1) is 12.5. The maximum atomic E-state index is 12.6. The highest BCUT2D eigenvalue weighted by atomic mass is 16.2. The molecule has 0 radical (unpaired) electrons. The third kappa shape index (κ3) is 3.94. The number of hydrogen-bond acceptors (Lipinski definition) is 4. The first kappa shape index (κ1) is 18.1. The van der Waals surface area contributed by atoms with E-state index in [-0.39, 0.29) is 12.5 Å². The smallest absolute Gasteiger partial charge is 0.331 e. The Bertz CT molecular complexity index is 880. The van der Waals surface area contributed by atoms with Gasteiger partial charge in [0.05, 0.1) is 12.1 Å². The van der Waals surface area contributed by atoms with Crippen molar-refractivity contribution in [2.45, 2.75) is 44.3 Å². The molecule has 1 aliphatic carbocycles. The van der Waals surface area contributed by atoms with Gasteiger partial charge in [-0.05, 0) is 18.4 Å². The van der Waals surface area contributed by atoms with Gasteiger partial charge < -0.3 is 11.1 Å². The molecule has 1 heterocycles. The molecular formula is C19H24N4O3. The van der Waals surface area contributed by atoms with Crippen LogP contribution in [0.2, 0.25) is 0 Å². The van der Waals surface area contributed by atoms with Gasteiger partial charge in [-0.15, -0.1) is 0 Å². The van der Waals surface area contributed by atoms with Crippen LogP contribution in [0.1, 0.15) is 31.2 Å². The lowest BCUT2D eigenvalue weighted by Gasteiger charge is -2.28. The summed E-state index contributed by atoms with van der Waals surface area (Å²) in [6, 6.07) is 10.8. The van der Waals surface area contributed by atoms with Gasteiger partial charge in [-0.2, -0.15) is 0 Å². The number of nitrogens with two attached hydrogens (primary N) is 1. The van der Waals surface area contributed by atoms with E-state index in [4.69, 9.17) is 5.73 Å². The van der Waals surface area contributed by atoms with Crippen molar-refractivity contribution in [3.8, 4) is 0 Å². The molecule has 1 aliphatic rings. The summed E-state index contributed by atoms with van der Waals surface area (Å²) in [6.45, 7) is 0.407. The molecule has 138 valence electrons. The minimum atomic E-state index is -0.496. The summed E-state index contributed by atoms with van der Waals surface area (Å²) in [4.78, 5) is 37.2. The van der Waals surface area contributed by atoms with Gasteiger partial charge in [-0.1, -0.05) is 43.2 Å². The number of nitrogens with one attached hydrogen (secondary N) is 1. The molecule has 1 aromatic heterocycles. The van der Waals surface area contributed by atoms with Gasteiger partial charge in [-0.3, -0.25) is 18.7 Å². The standard InChI is InChI=1S/C19H24N4O3/c20-14-19(9-4-5-10-19)21-16(24)13-23-17(25)8-11-22(18(23)26)12-15-6-2-1-3-7-15/h1-3,6-8,11H,4-5,9-10,12-14,20H2,(H,21,24). The molecular weight excluding hydrogens is 332 g/mol. The highest BCUT2D eigenvalue weighted by Gasteiger charge is 2.33. The Kier molecular flexibility index (Phi) is 5.37.